The molecule has 0 radical (unpaired) electrons. The number of fused-ring (bicyclic) bond motifs is 1. The number of thiazole rings is 1. The average molecular weight is 405 g/mol. The Hall–Kier alpha value is -2.99. The van der Waals surface area contributed by atoms with Gasteiger partial charge in [-0.25, -0.2) is 4.52 Å². The molecule has 0 aliphatic rings. The Morgan fingerprint density at radius 2 is 1.79 bits per heavy atom. The first-order valence-electron chi connectivity index (χ1n) is 9.56. The summed E-state index contributed by atoms with van der Waals surface area (Å²) in [6.07, 6.45) is 0. The second-order valence-electron chi connectivity index (χ2n) is 8.35. The summed E-state index contributed by atoms with van der Waals surface area (Å²) in [6, 6.07) is 14.0. The molecule has 148 valence electrons. The number of rotatable bonds is 3. The highest BCUT2D eigenvalue weighted by Crippen LogP contribution is 2.29. The van der Waals surface area contributed by atoms with Gasteiger partial charge in [0.2, 0.25) is 4.96 Å². The quantitative estimate of drug-likeness (QED) is 0.482. The van der Waals surface area contributed by atoms with E-state index in [1.54, 1.807) is 4.52 Å². The average Bonchev–Trinajstić information content (AvgIpc) is 3.21. The van der Waals surface area contributed by atoms with Gasteiger partial charge >= 0.3 is 0 Å². The van der Waals surface area contributed by atoms with Crippen LogP contribution in [0.25, 0.3) is 16.2 Å². The van der Waals surface area contributed by atoms with Gasteiger partial charge in [0.05, 0.1) is 5.69 Å². The third-order valence-electron chi connectivity index (χ3n) is 4.98. The summed E-state index contributed by atoms with van der Waals surface area (Å²) in [6.45, 7) is 10.6. The van der Waals surface area contributed by atoms with E-state index in [0.29, 0.717) is 11.5 Å². The maximum Gasteiger partial charge on any atom is 0.258 e. The van der Waals surface area contributed by atoms with Gasteiger partial charge < -0.3 is 0 Å². The van der Waals surface area contributed by atoms with E-state index in [9.17, 15) is 4.79 Å². The molecule has 2 heterocycles. The lowest BCUT2D eigenvalue weighted by Gasteiger charge is -2.18. The van der Waals surface area contributed by atoms with Crippen molar-refractivity contribution in [2.45, 2.75) is 40.0 Å². The summed E-state index contributed by atoms with van der Waals surface area (Å²) in [5, 5.41) is 9.38. The van der Waals surface area contributed by atoms with Crippen LogP contribution in [-0.2, 0) is 5.41 Å². The van der Waals surface area contributed by atoms with E-state index < -0.39 is 0 Å². The molecule has 1 N–H and O–H groups in total. The molecule has 0 bridgehead atoms. The molecule has 0 atom stereocenters. The first-order valence-corrected chi connectivity index (χ1v) is 10.4. The van der Waals surface area contributed by atoms with Crippen LogP contribution in [0.4, 0.5) is 5.95 Å². The lowest BCUT2D eigenvalue weighted by Crippen LogP contribution is -2.15. The number of carbonyl (C=O) groups is 1. The number of benzene rings is 2. The van der Waals surface area contributed by atoms with E-state index in [4.69, 9.17) is 0 Å². The topological polar surface area (TPSA) is 59.3 Å². The van der Waals surface area contributed by atoms with E-state index >= 15 is 0 Å². The normalized spacial score (nSPS) is 11.8. The minimum Gasteiger partial charge on any atom is -0.289 e. The van der Waals surface area contributed by atoms with Gasteiger partial charge in [-0.15, -0.1) is 16.4 Å². The molecule has 0 spiro atoms. The molecule has 0 fully saturated rings. The first-order chi connectivity index (χ1) is 13.7. The van der Waals surface area contributed by atoms with Crippen molar-refractivity contribution in [1.82, 2.24) is 14.6 Å². The highest BCUT2D eigenvalue weighted by molar-refractivity contribution is 7.15. The van der Waals surface area contributed by atoms with Crippen LogP contribution < -0.4 is 5.32 Å². The Bertz CT molecular complexity index is 1200. The summed E-state index contributed by atoms with van der Waals surface area (Å²) >= 11 is 1.51. The molecule has 1 amide bonds. The fourth-order valence-electron chi connectivity index (χ4n) is 3.32. The third-order valence-corrected chi connectivity index (χ3v) is 5.79. The number of carbonyl (C=O) groups excluding carboxylic acids is 1. The second-order valence-corrected chi connectivity index (χ2v) is 9.19. The van der Waals surface area contributed by atoms with Crippen LogP contribution in [0.3, 0.4) is 0 Å². The van der Waals surface area contributed by atoms with E-state index in [0.717, 1.165) is 16.2 Å². The summed E-state index contributed by atoms with van der Waals surface area (Å²) in [7, 11) is 0. The van der Waals surface area contributed by atoms with Crippen LogP contribution in [0.1, 0.15) is 47.8 Å². The van der Waals surface area contributed by atoms with Crippen LogP contribution in [0.5, 0.6) is 0 Å². The van der Waals surface area contributed by atoms with Gasteiger partial charge in [-0.1, -0.05) is 56.7 Å². The zero-order valence-corrected chi connectivity index (χ0v) is 18.1. The standard InChI is InChI=1S/C23H24N4OS/c1-14-6-11-18(15(2)12-14)19-13-29-22-25-21(26-27(19)22)24-20(28)16-7-9-17(10-8-16)23(3,4)5/h6-13H,1-5H3,(H,24,26,28). The number of aromatic nitrogens is 3. The fraction of sp³-hybridized carbons (Fsp3) is 0.261. The predicted molar refractivity (Wildman–Crippen MR) is 119 cm³/mol. The van der Waals surface area contributed by atoms with Crippen LogP contribution >= 0.6 is 11.3 Å². The van der Waals surface area contributed by atoms with Gasteiger partial charge in [-0.2, -0.15) is 4.98 Å². The Balaban J connectivity index is 1.59. The molecule has 4 aromatic rings. The van der Waals surface area contributed by atoms with Crippen molar-refractivity contribution < 1.29 is 4.79 Å². The number of anilines is 1. The van der Waals surface area contributed by atoms with E-state index in [1.165, 1.54) is 28.0 Å². The molecule has 4 rings (SSSR count). The summed E-state index contributed by atoms with van der Waals surface area (Å²) in [5.74, 6) is 0.101. The fourth-order valence-corrected chi connectivity index (χ4v) is 4.14. The van der Waals surface area contributed by atoms with Gasteiger partial charge in [0.15, 0.2) is 0 Å². The summed E-state index contributed by atoms with van der Waals surface area (Å²) < 4.78 is 1.79. The van der Waals surface area contributed by atoms with Crippen molar-refractivity contribution >= 4 is 28.2 Å². The molecule has 6 heteroatoms. The minimum absolute atomic E-state index is 0.0509. The number of aryl methyl sites for hydroxylation is 2. The van der Waals surface area contributed by atoms with Crippen molar-refractivity contribution in [3.63, 3.8) is 0 Å². The van der Waals surface area contributed by atoms with Crippen molar-refractivity contribution in [1.29, 1.82) is 0 Å². The summed E-state index contributed by atoms with van der Waals surface area (Å²) in [5.41, 5.74) is 6.33. The highest BCUT2D eigenvalue weighted by atomic mass is 32.1. The molecule has 0 aliphatic heterocycles. The molecule has 0 saturated heterocycles. The van der Waals surface area contributed by atoms with Crippen LogP contribution in [0, 0.1) is 13.8 Å². The third kappa shape index (κ3) is 3.80. The predicted octanol–water partition coefficient (Wildman–Crippen LogP) is 5.62. The Morgan fingerprint density at radius 1 is 1.07 bits per heavy atom. The van der Waals surface area contributed by atoms with Gasteiger partial charge in [-0.3, -0.25) is 10.1 Å². The molecule has 5 nitrogen and oxygen atoms in total. The van der Waals surface area contributed by atoms with E-state index in [-0.39, 0.29) is 11.3 Å². The molecular weight excluding hydrogens is 380 g/mol. The Labute approximate surface area is 174 Å². The van der Waals surface area contributed by atoms with Crippen molar-refractivity contribution in [2.75, 3.05) is 5.32 Å². The summed E-state index contributed by atoms with van der Waals surface area (Å²) in [4.78, 5) is 17.8. The monoisotopic (exact) mass is 404 g/mol. The molecule has 0 saturated carbocycles. The molecular formula is C23H24N4OS. The molecule has 0 unspecified atom stereocenters. The number of hydrogen-bond acceptors (Lipinski definition) is 4. The molecule has 2 aromatic heterocycles. The van der Waals surface area contributed by atoms with Gasteiger partial charge in [0.25, 0.3) is 11.9 Å². The number of hydrogen-bond donors (Lipinski definition) is 1. The van der Waals surface area contributed by atoms with E-state index in [1.807, 2.05) is 29.6 Å². The zero-order chi connectivity index (χ0) is 20.8. The SMILES string of the molecule is Cc1ccc(-c2csc3nc(NC(=O)c4ccc(C(C)(C)C)cc4)nn23)c(C)c1. The van der Waals surface area contributed by atoms with Gasteiger partial charge in [-0.05, 0) is 42.5 Å². The zero-order valence-electron chi connectivity index (χ0n) is 17.3. The van der Waals surface area contributed by atoms with Crippen LogP contribution in [0.15, 0.2) is 47.8 Å². The van der Waals surface area contributed by atoms with Gasteiger partial charge in [0.1, 0.15) is 0 Å². The highest BCUT2D eigenvalue weighted by Gasteiger charge is 2.17. The van der Waals surface area contributed by atoms with E-state index in [2.05, 4.69) is 68.2 Å². The maximum atomic E-state index is 12.6. The number of nitrogens with zero attached hydrogens (tertiary/aromatic N) is 3. The largest absolute Gasteiger partial charge is 0.289 e. The van der Waals surface area contributed by atoms with Crippen molar-refractivity contribution in [2.24, 2.45) is 0 Å². The lowest BCUT2D eigenvalue weighted by atomic mass is 9.87. The van der Waals surface area contributed by atoms with Crippen molar-refractivity contribution in [3.05, 3.63) is 70.1 Å². The van der Waals surface area contributed by atoms with Crippen molar-refractivity contribution in [3.8, 4) is 11.3 Å². The Kier molecular flexibility index (Phi) is 4.74. The first kappa shape index (κ1) is 19.3. The van der Waals surface area contributed by atoms with Crippen LogP contribution in [-0.4, -0.2) is 20.5 Å². The van der Waals surface area contributed by atoms with Crippen LogP contribution in [0.2, 0.25) is 0 Å². The smallest absolute Gasteiger partial charge is 0.258 e. The number of nitrogens with one attached hydrogen (secondary N) is 1. The minimum atomic E-state index is -0.211. The Morgan fingerprint density at radius 3 is 2.45 bits per heavy atom. The number of amides is 1. The maximum absolute atomic E-state index is 12.6. The van der Waals surface area contributed by atoms with Gasteiger partial charge in [0, 0.05) is 16.5 Å². The molecule has 2 aromatic carbocycles. The lowest BCUT2D eigenvalue weighted by molar-refractivity contribution is 0.102. The molecule has 0 aliphatic carbocycles. The second kappa shape index (κ2) is 7.12. The molecule has 29 heavy (non-hydrogen) atoms.